The zero-order chi connectivity index (χ0) is 22.0. The molecule has 4 nitrogen and oxygen atoms in total. The van der Waals surface area contributed by atoms with Crippen LogP contribution in [0.4, 0.5) is 4.39 Å². The van der Waals surface area contributed by atoms with Gasteiger partial charge in [0.1, 0.15) is 11.6 Å². The Balaban J connectivity index is 1.50. The highest BCUT2D eigenvalue weighted by Crippen LogP contribution is 2.44. The second kappa shape index (κ2) is 9.04. The fourth-order valence-electron chi connectivity index (χ4n) is 5.26. The first-order valence-corrected chi connectivity index (χ1v) is 11.0. The number of pyridine rings is 1. The standard InChI is InChI=1S/C26H29FN2O2/c1-16(25(26(28)30)19-7-10-21(31-2)11-8-19)17-3-5-18(6-4-17)22-13-14-29-24-12-9-20(27)15-23(22)24/h7-18,25H,3-6H2,1-2H3,(H2,28,30)/t16-,17?,18?,25?/m1/s1. The highest BCUT2D eigenvalue weighted by Gasteiger charge is 2.34. The van der Waals surface area contributed by atoms with Crippen molar-refractivity contribution in [2.45, 2.75) is 44.4 Å². The Labute approximate surface area is 182 Å². The van der Waals surface area contributed by atoms with Crippen molar-refractivity contribution >= 4 is 16.8 Å². The summed E-state index contributed by atoms with van der Waals surface area (Å²) in [4.78, 5) is 16.7. The Kier molecular flexibility index (Phi) is 6.21. The molecule has 5 heteroatoms. The minimum atomic E-state index is -0.316. The van der Waals surface area contributed by atoms with Gasteiger partial charge in [-0.25, -0.2) is 4.39 Å². The number of carbonyl (C=O) groups excluding carboxylic acids is 1. The van der Waals surface area contributed by atoms with Crippen LogP contribution in [0.25, 0.3) is 10.9 Å². The maximum Gasteiger partial charge on any atom is 0.225 e. The average Bonchev–Trinajstić information content (AvgIpc) is 2.79. The molecular weight excluding hydrogens is 391 g/mol. The minimum absolute atomic E-state index is 0.151. The Bertz CT molecular complexity index is 1060. The highest BCUT2D eigenvalue weighted by atomic mass is 19.1. The van der Waals surface area contributed by atoms with Crippen LogP contribution >= 0.6 is 0 Å². The van der Waals surface area contributed by atoms with E-state index >= 15 is 0 Å². The number of carbonyl (C=O) groups is 1. The Morgan fingerprint density at radius 1 is 1.10 bits per heavy atom. The molecule has 2 aromatic carbocycles. The SMILES string of the molecule is COc1ccc(C(C(N)=O)[C@H](C)C2CCC(c3ccnc4ccc(F)cc34)CC2)cc1. The predicted molar refractivity (Wildman–Crippen MR) is 120 cm³/mol. The first kappa shape index (κ1) is 21.3. The lowest BCUT2D eigenvalue weighted by Crippen LogP contribution is -2.32. The van der Waals surface area contributed by atoms with Crippen molar-refractivity contribution < 1.29 is 13.9 Å². The van der Waals surface area contributed by atoms with E-state index in [1.165, 1.54) is 11.6 Å². The van der Waals surface area contributed by atoms with Gasteiger partial charge in [-0.1, -0.05) is 19.1 Å². The first-order valence-electron chi connectivity index (χ1n) is 11.0. The Morgan fingerprint density at radius 2 is 1.81 bits per heavy atom. The monoisotopic (exact) mass is 420 g/mol. The molecule has 1 heterocycles. The van der Waals surface area contributed by atoms with E-state index in [9.17, 15) is 9.18 Å². The van der Waals surface area contributed by atoms with E-state index in [1.54, 1.807) is 19.2 Å². The van der Waals surface area contributed by atoms with Gasteiger partial charge in [0.25, 0.3) is 0 Å². The fraction of sp³-hybridized carbons (Fsp3) is 0.385. The van der Waals surface area contributed by atoms with Crippen molar-refractivity contribution in [3.05, 3.63) is 71.7 Å². The highest BCUT2D eigenvalue weighted by molar-refractivity contribution is 5.83. The van der Waals surface area contributed by atoms with Crippen molar-refractivity contribution in [2.24, 2.45) is 17.6 Å². The summed E-state index contributed by atoms with van der Waals surface area (Å²) >= 11 is 0. The van der Waals surface area contributed by atoms with E-state index < -0.39 is 0 Å². The smallest absolute Gasteiger partial charge is 0.225 e. The molecule has 0 radical (unpaired) electrons. The lowest BCUT2D eigenvalue weighted by atomic mass is 9.69. The van der Waals surface area contributed by atoms with Gasteiger partial charge in [0.05, 0.1) is 18.5 Å². The maximum atomic E-state index is 13.8. The van der Waals surface area contributed by atoms with E-state index in [0.717, 1.165) is 47.9 Å². The first-order chi connectivity index (χ1) is 15.0. The van der Waals surface area contributed by atoms with E-state index in [-0.39, 0.29) is 23.6 Å². The summed E-state index contributed by atoms with van der Waals surface area (Å²) in [5, 5.41) is 0.909. The Hall–Kier alpha value is -2.95. The predicted octanol–water partition coefficient (Wildman–Crippen LogP) is 5.56. The van der Waals surface area contributed by atoms with Crippen molar-refractivity contribution in [1.29, 1.82) is 0 Å². The van der Waals surface area contributed by atoms with Crippen LogP contribution in [-0.2, 0) is 4.79 Å². The summed E-state index contributed by atoms with van der Waals surface area (Å²) in [6.45, 7) is 2.14. The summed E-state index contributed by atoms with van der Waals surface area (Å²) in [5.74, 6) is 0.885. The van der Waals surface area contributed by atoms with Crippen LogP contribution in [0.5, 0.6) is 5.75 Å². The van der Waals surface area contributed by atoms with Gasteiger partial charge in [0, 0.05) is 11.6 Å². The molecule has 0 aliphatic heterocycles. The van der Waals surface area contributed by atoms with Crippen LogP contribution in [0.1, 0.15) is 55.6 Å². The number of amides is 1. The third-order valence-corrected chi connectivity index (χ3v) is 7.00. The number of benzene rings is 2. The molecule has 1 saturated carbocycles. The molecule has 31 heavy (non-hydrogen) atoms. The molecule has 1 fully saturated rings. The van der Waals surface area contributed by atoms with Crippen LogP contribution in [-0.4, -0.2) is 18.0 Å². The van der Waals surface area contributed by atoms with Gasteiger partial charge >= 0.3 is 0 Å². The molecule has 4 rings (SSSR count). The van der Waals surface area contributed by atoms with Crippen molar-refractivity contribution in [1.82, 2.24) is 4.98 Å². The van der Waals surface area contributed by atoms with Crippen molar-refractivity contribution in [3.63, 3.8) is 0 Å². The van der Waals surface area contributed by atoms with Gasteiger partial charge in [-0.2, -0.15) is 0 Å². The number of hydrogen-bond acceptors (Lipinski definition) is 3. The molecule has 3 aromatic rings. The zero-order valence-electron chi connectivity index (χ0n) is 18.1. The third kappa shape index (κ3) is 4.41. The molecule has 1 amide bonds. The molecule has 0 spiro atoms. The maximum absolute atomic E-state index is 13.8. The van der Waals surface area contributed by atoms with Crippen LogP contribution in [0, 0.1) is 17.7 Å². The molecule has 1 aliphatic rings. The van der Waals surface area contributed by atoms with Crippen LogP contribution in [0.3, 0.4) is 0 Å². The van der Waals surface area contributed by atoms with E-state index in [4.69, 9.17) is 10.5 Å². The van der Waals surface area contributed by atoms with E-state index in [1.807, 2.05) is 36.5 Å². The van der Waals surface area contributed by atoms with Gasteiger partial charge in [0.2, 0.25) is 5.91 Å². The summed E-state index contributed by atoms with van der Waals surface area (Å²) in [6.07, 6.45) is 5.88. The van der Waals surface area contributed by atoms with Gasteiger partial charge in [-0.15, -0.1) is 0 Å². The number of nitrogens with zero attached hydrogens (tertiary/aromatic N) is 1. The third-order valence-electron chi connectivity index (χ3n) is 7.00. The molecule has 0 bridgehead atoms. The van der Waals surface area contributed by atoms with Crippen molar-refractivity contribution in [2.75, 3.05) is 7.11 Å². The number of nitrogens with two attached hydrogens (primary N) is 1. The van der Waals surface area contributed by atoms with Crippen LogP contribution < -0.4 is 10.5 Å². The quantitative estimate of drug-likeness (QED) is 0.568. The number of primary amides is 1. The number of hydrogen-bond donors (Lipinski definition) is 1. The molecule has 1 aromatic heterocycles. The largest absolute Gasteiger partial charge is 0.497 e. The second-order valence-corrected chi connectivity index (χ2v) is 8.69. The molecule has 162 valence electrons. The second-order valence-electron chi connectivity index (χ2n) is 8.69. The number of ether oxygens (including phenoxy) is 1. The zero-order valence-corrected chi connectivity index (χ0v) is 18.1. The summed E-state index contributed by atoms with van der Waals surface area (Å²) in [6, 6.07) is 14.5. The summed E-state index contributed by atoms with van der Waals surface area (Å²) < 4.78 is 19.1. The van der Waals surface area contributed by atoms with E-state index in [0.29, 0.717) is 11.8 Å². The van der Waals surface area contributed by atoms with Crippen molar-refractivity contribution in [3.8, 4) is 5.75 Å². The number of fused-ring (bicyclic) bond motifs is 1. The summed E-state index contributed by atoms with van der Waals surface area (Å²) in [5.41, 5.74) is 8.79. The lowest BCUT2D eigenvalue weighted by molar-refractivity contribution is -0.121. The summed E-state index contributed by atoms with van der Waals surface area (Å²) in [7, 11) is 1.63. The Morgan fingerprint density at radius 3 is 2.45 bits per heavy atom. The lowest BCUT2D eigenvalue weighted by Gasteiger charge is -2.35. The molecule has 0 saturated heterocycles. The average molecular weight is 421 g/mol. The van der Waals surface area contributed by atoms with E-state index in [2.05, 4.69) is 11.9 Å². The van der Waals surface area contributed by atoms with Gasteiger partial charge in [-0.3, -0.25) is 9.78 Å². The van der Waals surface area contributed by atoms with Gasteiger partial charge in [0.15, 0.2) is 0 Å². The van der Waals surface area contributed by atoms with Gasteiger partial charge < -0.3 is 10.5 Å². The molecule has 1 aliphatic carbocycles. The van der Waals surface area contributed by atoms with Crippen LogP contribution in [0.2, 0.25) is 0 Å². The molecule has 2 N–H and O–H groups in total. The number of methoxy groups -OCH3 is 1. The topological polar surface area (TPSA) is 65.2 Å². The molecule has 2 atom stereocenters. The number of halogens is 1. The number of rotatable bonds is 6. The molecular formula is C26H29FN2O2. The minimum Gasteiger partial charge on any atom is -0.497 e. The van der Waals surface area contributed by atoms with Gasteiger partial charge in [-0.05, 0) is 91.0 Å². The normalized spacial score (nSPS) is 20.9. The van der Waals surface area contributed by atoms with Crippen LogP contribution in [0.15, 0.2) is 54.7 Å². The molecule has 1 unspecified atom stereocenters. The fourth-order valence-corrected chi connectivity index (χ4v) is 5.26. The number of aromatic nitrogens is 1.